The third-order valence-electron chi connectivity index (χ3n) is 3.13. The molecule has 22 heavy (non-hydrogen) atoms. The van der Waals surface area contributed by atoms with Gasteiger partial charge in [0.15, 0.2) is 6.61 Å². The Morgan fingerprint density at radius 2 is 2.00 bits per heavy atom. The number of nitrogens with two attached hydrogens (primary N) is 1. The fraction of sp³-hybridized carbons (Fsp3) is 0.176. The minimum atomic E-state index is -0.235. The molecule has 5 heteroatoms. The number of hydrogen-bond acceptors (Lipinski definition) is 3. The third-order valence-corrected chi connectivity index (χ3v) is 3.37. The van der Waals surface area contributed by atoms with E-state index in [4.69, 9.17) is 22.7 Å². The van der Waals surface area contributed by atoms with Gasteiger partial charge in [-0.1, -0.05) is 36.5 Å². The first-order valence-corrected chi connectivity index (χ1v) is 7.26. The fourth-order valence-electron chi connectivity index (χ4n) is 1.95. The molecule has 0 radical (unpaired) electrons. The summed E-state index contributed by atoms with van der Waals surface area (Å²) in [4.78, 5) is 12.3. The second-order valence-corrected chi connectivity index (χ2v) is 5.49. The Bertz CT molecular complexity index is 714. The van der Waals surface area contributed by atoms with E-state index < -0.39 is 0 Å². The number of thiocarbonyl (C=S) groups is 1. The summed E-state index contributed by atoms with van der Waals surface area (Å²) in [6.45, 7) is 3.87. The lowest BCUT2D eigenvalue weighted by Crippen LogP contribution is -2.20. The molecule has 2 aromatic rings. The van der Waals surface area contributed by atoms with E-state index in [0.717, 1.165) is 11.1 Å². The van der Waals surface area contributed by atoms with Gasteiger partial charge in [0.05, 0.1) is 0 Å². The highest BCUT2D eigenvalue weighted by molar-refractivity contribution is 7.80. The number of nitrogens with one attached hydrogen (secondary N) is 1. The lowest BCUT2D eigenvalue weighted by molar-refractivity contribution is -0.118. The van der Waals surface area contributed by atoms with Crippen molar-refractivity contribution in [2.24, 2.45) is 5.73 Å². The molecule has 0 aliphatic rings. The summed E-state index contributed by atoms with van der Waals surface area (Å²) in [6, 6.07) is 13.0. The van der Waals surface area contributed by atoms with Gasteiger partial charge in [0, 0.05) is 11.3 Å². The molecule has 0 heterocycles. The summed E-state index contributed by atoms with van der Waals surface area (Å²) < 4.78 is 5.57. The molecule has 0 aromatic heterocycles. The second-order valence-electron chi connectivity index (χ2n) is 5.05. The average Bonchev–Trinajstić information content (AvgIpc) is 2.48. The number of rotatable bonds is 5. The zero-order valence-corrected chi connectivity index (χ0v) is 13.4. The Balaban J connectivity index is 1.97. The van der Waals surface area contributed by atoms with Gasteiger partial charge in [-0.3, -0.25) is 4.79 Å². The third kappa shape index (κ3) is 4.30. The summed E-state index contributed by atoms with van der Waals surface area (Å²) in [5.41, 5.74) is 9.01. The van der Waals surface area contributed by atoms with Gasteiger partial charge < -0.3 is 15.8 Å². The van der Waals surface area contributed by atoms with Crippen molar-refractivity contribution in [3.63, 3.8) is 0 Å². The van der Waals surface area contributed by atoms with Gasteiger partial charge in [-0.25, -0.2) is 0 Å². The number of hydrogen-bond donors (Lipinski definition) is 2. The zero-order valence-electron chi connectivity index (χ0n) is 12.6. The van der Waals surface area contributed by atoms with Gasteiger partial charge in [-0.05, 0) is 43.2 Å². The van der Waals surface area contributed by atoms with Crippen molar-refractivity contribution in [1.29, 1.82) is 0 Å². The highest BCUT2D eigenvalue weighted by atomic mass is 32.1. The van der Waals surface area contributed by atoms with E-state index in [2.05, 4.69) is 5.32 Å². The molecule has 0 aliphatic carbocycles. The van der Waals surface area contributed by atoms with Gasteiger partial charge in [0.25, 0.3) is 5.91 Å². The van der Waals surface area contributed by atoms with Gasteiger partial charge in [-0.15, -0.1) is 0 Å². The van der Waals surface area contributed by atoms with E-state index in [1.807, 2.05) is 32.0 Å². The van der Waals surface area contributed by atoms with Crippen molar-refractivity contribution in [1.82, 2.24) is 0 Å². The summed E-state index contributed by atoms with van der Waals surface area (Å²) in [5, 5.41) is 2.76. The Morgan fingerprint density at radius 1 is 1.23 bits per heavy atom. The minimum absolute atomic E-state index is 0.0540. The smallest absolute Gasteiger partial charge is 0.262 e. The standard InChI is InChI=1S/C17H18N2O2S/c1-11-6-7-12(2)15(8-11)21-10-16(20)19-14-5-3-4-13(9-14)17(18)22/h3-9H,10H2,1-2H3,(H2,18,22)(H,19,20). The maximum Gasteiger partial charge on any atom is 0.262 e. The summed E-state index contributed by atoms with van der Waals surface area (Å²) in [5.74, 6) is 0.480. The predicted octanol–water partition coefficient (Wildman–Crippen LogP) is 2.96. The molecule has 3 N–H and O–H groups in total. The maximum absolute atomic E-state index is 12.0. The molecule has 0 atom stereocenters. The molecular formula is C17H18N2O2S. The van der Waals surface area contributed by atoms with Crippen LogP contribution in [0.3, 0.4) is 0 Å². The highest BCUT2D eigenvalue weighted by Gasteiger charge is 2.07. The van der Waals surface area contributed by atoms with Crippen LogP contribution in [0.1, 0.15) is 16.7 Å². The minimum Gasteiger partial charge on any atom is -0.483 e. The summed E-state index contributed by atoms with van der Waals surface area (Å²) in [6.07, 6.45) is 0. The number of amides is 1. The molecule has 2 aromatic carbocycles. The molecule has 0 unspecified atom stereocenters. The largest absolute Gasteiger partial charge is 0.483 e. The van der Waals surface area contributed by atoms with E-state index in [-0.39, 0.29) is 12.5 Å². The summed E-state index contributed by atoms with van der Waals surface area (Å²) in [7, 11) is 0. The van der Waals surface area contributed by atoms with Crippen LogP contribution in [-0.2, 0) is 4.79 Å². The van der Waals surface area contributed by atoms with E-state index in [9.17, 15) is 4.79 Å². The Kier molecular flexibility index (Phi) is 5.12. The topological polar surface area (TPSA) is 64.3 Å². The van der Waals surface area contributed by atoms with Crippen LogP contribution in [0.2, 0.25) is 0 Å². The van der Waals surface area contributed by atoms with Gasteiger partial charge in [0.1, 0.15) is 10.7 Å². The molecular weight excluding hydrogens is 296 g/mol. The molecule has 114 valence electrons. The van der Waals surface area contributed by atoms with Crippen molar-refractivity contribution >= 4 is 28.8 Å². The maximum atomic E-state index is 12.0. The van der Waals surface area contributed by atoms with Crippen molar-refractivity contribution in [3.05, 3.63) is 59.2 Å². The van der Waals surface area contributed by atoms with E-state index in [0.29, 0.717) is 22.0 Å². The van der Waals surface area contributed by atoms with Crippen LogP contribution in [0.25, 0.3) is 0 Å². The number of aryl methyl sites for hydroxylation is 2. The van der Waals surface area contributed by atoms with Crippen LogP contribution < -0.4 is 15.8 Å². The first kappa shape index (κ1) is 16.0. The fourth-order valence-corrected chi connectivity index (χ4v) is 2.08. The quantitative estimate of drug-likeness (QED) is 0.833. The number of ether oxygens (including phenoxy) is 1. The van der Waals surface area contributed by atoms with Crippen LogP contribution in [0.15, 0.2) is 42.5 Å². The van der Waals surface area contributed by atoms with Crippen molar-refractivity contribution in [2.45, 2.75) is 13.8 Å². The van der Waals surface area contributed by atoms with Crippen molar-refractivity contribution in [2.75, 3.05) is 11.9 Å². The van der Waals surface area contributed by atoms with Crippen LogP contribution in [0.4, 0.5) is 5.69 Å². The zero-order chi connectivity index (χ0) is 16.1. The van der Waals surface area contributed by atoms with Crippen molar-refractivity contribution in [3.8, 4) is 5.75 Å². The molecule has 0 saturated heterocycles. The van der Waals surface area contributed by atoms with Gasteiger partial charge >= 0.3 is 0 Å². The molecule has 0 saturated carbocycles. The van der Waals surface area contributed by atoms with Crippen LogP contribution in [0.5, 0.6) is 5.75 Å². The molecule has 2 rings (SSSR count). The molecule has 0 fully saturated rings. The Labute approximate surface area is 135 Å². The second kappa shape index (κ2) is 7.04. The first-order chi connectivity index (χ1) is 10.5. The monoisotopic (exact) mass is 314 g/mol. The van der Waals surface area contributed by atoms with Crippen LogP contribution >= 0.6 is 12.2 Å². The molecule has 0 aliphatic heterocycles. The van der Waals surface area contributed by atoms with E-state index in [1.54, 1.807) is 24.3 Å². The van der Waals surface area contributed by atoms with Crippen LogP contribution in [0, 0.1) is 13.8 Å². The van der Waals surface area contributed by atoms with Crippen molar-refractivity contribution < 1.29 is 9.53 Å². The number of carbonyl (C=O) groups excluding carboxylic acids is 1. The summed E-state index contributed by atoms with van der Waals surface area (Å²) >= 11 is 4.92. The average molecular weight is 314 g/mol. The molecule has 0 spiro atoms. The Morgan fingerprint density at radius 3 is 2.73 bits per heavy atom. The van der Waals surface area contributed by atoms with Crippen LogP contribution in [-0.4, -0.2) is 17.5 Å². The van der Waals surface area contributed by atoms with E-state index in [1.165, 1.54) is 0 Å². The lowest BCUT2D eigenvalue weighted by atomic mass is 10.1. The molecule has 1 amide bonds. The molecule has 0 bridgehead atoms. The number of anilines is 1. The predicted molar refractivity (Wildman–Crippen MR) is 92.4 cm³/mol. The lowest BCUT2D eigenvalue weighted by Gasteiger charge is -2.11. The normalized spacial score (nSPS) is 10.1. The van der Waals surface area contributed by atoms with Gasteiger partial charge in [0.2, 0.25) is 0 Å². The molecule has 4 nitrogen and oxygen atoms in total. The van der Waals surface area contributed by atoms with Gasteiger partial charge in [-0.2, -0.15) is 0 Å². The first-order valence-electron chi connectivity index (χ1n) is 6.85. The van der Waals surface area contributed by atoms with E-state index >= 15 is 0 Å². The highest BCUT2D eigenvalue weighted by Crippen LogP contribution is 2.19. The number of benzene rings is 2. The Hall–Kier alpha value is -2.40. The number of carbonyl (C=O) groups is 1. The SMILES string of the molecule is Cc1ccc(C)c(OCC(=O)Nc2cccc(C(N)=S)c2)c1.